The van der Waals surface area contributed by atoms with Gasteiger partial charge < -0.3 is 0 Å². The van der Waals surface area contributed by atoms with E-state index in [1.165, 1.54) is 0 Å². The summed E-state index contributed by atoms with van der Waals surface area (Å²) in [6, 6.07) is 0. The van der Waals surface area contributed by atoms with Crippen molar-refractivity contribution < 1.29 is 4.79 Å². The van der Waals surface area contributed by atoms with Crippen molar-refractivity contribution in [3.8, 4) is 0 Å². The first-order valence-electron chi connectivity index (χ1n) is 5.37. The Balaban J connectivity index is 2.45. The molecule has 0 atom stereocenters. The average Bonchev–Trinajstić information content (AvgIpc) is 2.27. The summed E-state index contributed by atoms with van der Waals surface area (Å²) in [6.45, 7) is 3.06. The standard InChI is InChI=1S/C11H13N4O.Tl/c1-7(12)10-9-2-3-15(6-16)5-8(9)4-14-11(10)13;/h4,12H,2-3,5H2,1H3,(H2,13,14);. The van der Waals surface area contributed by atoms with Gasteiger partial charge in [0, 0.05) is 0 Å². The summed E-state index contributed by atoms with van der Waals surface area (Å²) in [7, 11) is 0. The van der Waals surface area contributed by atoms with Crippen LogP contribution in [0.1, 0.15) is 23.6 Å². The number of fused-ring (bicyclic) bond motifs is 1. The SMILES string of the molecule is CC(=N)c1c(N)ncc2c1CCN([C](=O)[Tl])C2. The molecule has 0 saturated heterocycles. The molecule has 2 heterocycles. The zero-order valence-corrected chi connectivity index (χ0v) is 14.1. The van der Waals surface area contributed by atoms with Crippen LogP contribution < -0.4 is 5.73 Å². The molecule has 5 nitrogen and oxygen atoms in total. The van der Waals surface area contributed by atoms with Crippen LogP contribution in [0.25, 0.3) is 0 Å². The fourth-order valence-electron chi connectivity index (χ4n) is 2.16. The summed E-state index contributed by atoms with van der Waals surface area (Å²) >= 11 is 0.340. The van der Waals surface area contributed by atoms with E-state index in [0.717, 1.165) is 29.7 Å². The predicted octanol–water partition coefficient (Wildman–Crippen LogP) is 0.698. The van der Waals surface area contributed by atoms with E-state index in [1.54, 1.807) is 13.1 Å². The van der Waals surface area contributed by atoms with Gasteiger partial charge in [0.15, 0.2) is 0 Å². The number of nitrogens with zero attached hydrogens (tertiary/aromatic N) is 2. The second kappa shape index (κ2) is 4.71. The average molecular weight is 422 g/mol. The van der Waals surface area contributed by atoms with Gasteiger partial charge in [0.2, 0.25) is 0 Å². The van der Waals surface area contributed by atoms with Crippen LogP contribution in [0.3, 0.4) is 0 Å². The Kier molecular flexibility index (Phi) is 3.46. The number of nitrogens with one attached hydrogen (secondary N) is 1. The number of hydrogen-bond acceptors (Lipinski definition) is 4. The van der Waals surface area contributed by atoms with Crippen molar-refractivity contribution >= 4 is 40.8 Å². The molecule has 1 aromatic rings. The summed E-state index contributed by atoms with van der Waals surface area (Å²) in [5.41, 5.74) is 9.13. The quantitative estimate of drug-likeness (QED) is 0.517. The van der Waals surface area contributed by atoms with Crippen molar-refractivity contribution in [2.45, 2.75) is 19.9 Å². The van der Waals surface area contributed by atoms with Crippen LogP contribution in [0.2, 0.25) is 0 Å². The fourth-order valence-corrected chi connectivity index (χ4v) is 3.02. The molecule has 2 rings (SSSR count). The number of amides is 1. The van der Waals surface area contributed by atoms with Gasteiger partial charge in [-0.2, -0.15) is 0 Å². The summed E-state index contributed by atoms with van der Waals surface area (Å²) in [4.78, 5) is 17.4. The van der Waals surface area contributed by atoms with Gasteiger partial charge in [-0.05, 0) is 0 Å². The number of nitrogen functional groups attached to an aromatic ring is 1. The summed E-state index contributed by atoms with van der Waals surface area (Å²) in [5, 5.41) is 7.76. The topological polar surface area (TPSA) is 83.1 Å². The number of carbonyl (C=O) groups excluding carboxylic acids is 1. The van der Waals surface area contributed by atoms with Crippen LogP contribution in [0.15, 0.2) is 6.20 Å². The van der Waals surface area contributed by atoms with Crippen LogP contribution in [0, 0.1) is 5.41 Å². The summed E-state index contributed by atoms with van der Waals surface area (Å²) in [5.74, 6) is 0.420. The van der Waals surface area contributed by atoms with Crippen LogP contribution in [0.5, 0.6) is 0 Å². The molecule has 0 radical (unpaired) electrons. The molecule has 86 valence electrons. The van der Waals surface area contributed by atoms with Gasteiger partial charge >= 0.3 is 116 Å². The third-order valence-electron chi connectivity index (χ3n) is 2.98. The Morgan fingerprint density at radius 2 is 2.35 bits per heavy atom. The first-order chi connectivity index (χ1) is 8.00. The van der Waals surface area contributed by atoms with E-state index in [4.69, 9.17) is 11.1 Å². The number of rotatable bonds is 1. The van der Waals surface area contributed by atoms with E-state index in [0.29, 0.717) is 43.8 Å². The number of pyridine rings is 1. The number of nitrogens with two attached hydrogens (primary N) is 1. The van der Waals surface area contributed by atoms with E-state index in [-0.39, 0.29) is 3.47 Å². The first kappa shape index (κ1) is 12.5. The molecule has 0 aliphatic carbocycles. The second-order valence-corrected chi connectivity index (χ2v) is 6.08. The monoisotopic (exact) mass is 422 g/mol. The number of hydrogen-bond donors (Lipinski definition) is 2. The zero-order valence-electron chi connectivity index (χ0n) is 9.66. The summed E-state index contributed by atoms with van der Waals surface area (Å²) in [6.07, 6.45) is 2.50. The van der Waals surface area contributed by atoms with Crippen molar-refractivity contribution in [3.05, 3.63) is 22.9 Å². The maximum atomic E-state index is 11.4. The number of carbonyl (C=O) groups is 1. The van der Waals surface area contributed by atoms with Gasteiger partial charge in [-0.3, -0.25) is 0 Å². The molecule has 1 aromatic heterocycles. The number of anilines is 1. The Bertz CT molecular complexity index is 500. The molecule has 0 spiro atoms. The Morgan fingerprint density at radius 1 is 1.65 bits per heavy atom. The molecule has 0 unspecified atom stereocenters. The van der Waals surface area contributed by atoms with E-state index in [9.17, 15) is 4.79 Å². The van der Waals surface area contributed by atoms with Gasteiger partial charge in [-0.1, -0.05) is 0 Å². The molecule has 1 aliphatic rings. The van der Waals surface area contributed by atoms with Gasteiger partial charge in [0.05, 0.1) is 0 Å². The Morgan fingerprint density at radius 3 is 2.94 bits per heavy atom. The molecule has 3 N–H and O–H groups in total. The van der Waals surface area contributed by atoms with Crippen molar-refractivity contribution in [1.82, 2.24) is 9.88 Å². The van der Waals surface area contributed by atoms with Crippen LogP contribution in [0.4, 0.5) is 10.6 Å². The molecule has 0 bridgehead atoms. The molecule has 17 heavy (non-hydrogen) atoms. The van der Waals surface area contributed by atoms with E-state index in [1.807, 2.05) is 4.90 Å². The maximum absolute atomic E-state index is 11.4. The van der Waals surface area contributed by atoms with Crippen molar-refractivity contribution in [2.24, 2.45) is 0 Å². The van der Waals surface area contributed by atoms with Crippen molar-refractivity contribution in [1.29, 1.82) is 5.41 Å². The molecule has 6 heteroatoms. The van der Waals surface area contributed by atoms with Crippen LogP contribution >= 0.6 is 0 Å². The first-order valence-corrected chi connectivity index (χ1v) is 7.61. The van der Waals surface area contributed by atoms with E-state index in [2.05, 4.69) is 4.98 Å². The third-order valence-corrected chi connectivity index (χ3v) is 4.40. The molecule has 1 aliphatic heterocycles. The molecule has 0 fully saturated rings. The molecule has 1 amide bonds. The van der Waals surface area contributed by atoms with Crippen LogP contribution in [-0.2, 0) is 13.0 Å². The zero-order chi connectivity index (χ0) is 12.6. The van der Waals surface area contributed by atoms with Gasteiger partial charge in [0.1, 0.15) is 0 Å². The second-order valence-electron chi connectivity index (χ2n) is 4.16. The minimum atomic E-state index is 0.237. The fraction of sp³-hybridized carbons (Fsp3) is 0.364. The van der Waals surface area contributed by atoms with Crippen molar-refractivity contribution in [2.75, 3.05) is 12.3 Å². The van der Waals surface area contributed by atoms with E-state index < -0.39 is 0 Å². The minimum absolute atomic E-state index is 0.237. The molecule has 0 saturated carbocycles. The van der Waals surface area contributed by atoms with Crippen molar-refractivity contribution in [3.63, 3.8) is 0 Å². The predicted molar refractivity (Wildman–Crippen MR) is 66.4 cm³/mol. The Hall–Kier alpha value is -0.988. The molecular weight excluding hydrogens is 409 g/mol. The Labute approximate surface area is 116 Å². The van der Waals surface area contributed by atoms with Gasteiger partial charge in [-0.25, -0.2) is 0 Å². The third kappa shape index (κ3) is 2.33. The number of aromatic nitrogens is 1. The molecule has 0 aromatic carbocycles. The normalized spacial score (nSPS) is 14.2. The summed E-state index contributed by atoms with van der Waals surface area (Å²) < 4.78 is 0.237. The molecular formula is C11H13N4OTl. The van der Waals surface area contributed by atoms with Crippen LogP contribution in [-0.4, -0.2) is 51.4 Å². The van der Waals surface area contributed by atoms with E-state index >= 15 is 0 Å². The van der Waals surface area contributed by atoms with Gasteiger partial charge in [0.25, 0.3) is 0 Å². The van der Waals surface area contributed by atoms with Gasteiger partial charge in [-0.15, -0.1) is 0 Å².